The summed E-state index contributed by atoms with van der Waals surface area (Å²) in [6.07, 6.45) is -0.162. The highest BCUT2D eigenvalue weighted by Gasteiger charge is 1.93. The molecule has 0 aromatic rings. The highest BCUT2D eigenvalue weighted by molar-refractivity contribution is 5.66. The number of aldehydes is 1. The number of carboxylic acids is 1. The number of hydrogen-bond acceptors (Lipinski definition) is 7. The second-order valence-corrected chi connectivity index (χ2v) is 2.57. The molecule has 6 N–H and O–H groups in total. The maximum absolute atomic E-state index is 9.44. The maximum atomic E-state index is 9.44. The molecule has 0 aromatic carbocycles. The number of hydrogen-bond donors (Lipinski definition) is 6. The maximum Gasteiger partial charge on any atom is 0.305 e. The number of aliphatic hydroxyl groups excluding tert-OH is 5. The molecule has 0 amide bonds. The van der Waals surface area contributed by atoms with Gasteiger partial charge in [0.25, 0.3) is 0 Å². The van der Waals surface area contributed by atoms with Crippen LogP contribution in [0.15, 0.2) is 0 Å². The Kier molecular flexibility index (Phi) is 25.5. The zero-order valence-corrected chi connectivity index (χ0v) is 9.40. The van der Waals surface area contributed by atoms with E-state index in [1.165, 1.54) is 0 Å². The third-order valence-electron chi connectivity index (χ3n) is 0.994. The van der Waals surface area contributed by atoms with Crippen LogP contribution < -0.4 is 0 Å². The summed E-state index contributed by atoms with van der Waals surface area (Å²) in [4.78, 5) is 18.7. The summed E-state index contributed by atoms with van der Waals surface area (Å²) in [6, 6.07) is 0. The lowest BCUT2D eigenvalue weighted by atomic mass is 10.4. The summed E-state index contributed by atoms with van der Waals surface area (Å²) in [6.45, 7) is -1.02. The van der Waals surface area contributed by atoms with Crippen molar-refractivity contribution in [3.05, 3.63) is 0 Å². The van der Waals surface area contributed by atoms with Gasteiger partial charge in [-0.3, -0.25) is 4.79 Å². The highest BCUT2D eigenvalue weighted by Crippen LogP contribution is 1.71. The second kappa shape index (κ2) is 20.4. The number of aliphatic carboxylic acids is 1. The van der Waals surface area contributed by atoms with E-state index in [9.17, 15) is 9.59 Å². The zero-order chi connectivity index (χ0) is 14.1. The van der Waals surface area contributed by atoms with Crippen LogP contribution in [0.25, 0.3) is 0 Å². The van der Waals surface area contributed by atoms with Crippen molar-refractivity contribution in [2.24, 2.45) is 0 Å². The Morgan fingerprint density at radius 1 is 1.06 bits per heavy atom. The van der Waals surface area contributed by atoms with Crippen molar-refractivity contribution < 1.29 is 40.2 Å². The van der Waals surface area contributed by atoms with Crippen LogP contribution in [-0.2, 0) is 9.59 Å². The first-order valence-electron chi connectivity index (χ1n) is 4.76. The molecule has 17 heavy (non-hydrogen) atoms. The van der Waals surface area contributed by atoms with Gasteiger partial charge in [0.05, 0.1) is 26.2 Å². The van der Waals surface area contributed by atoms with Gasteiger partial charge in [-0.05, 0) is 0 Å². The Morgan fingerprint density at radius 3 is 1.53 bits per heavy atom. The van der Waals surface area contributed by atoms with E-state index in [-0.39, 0.29) is 39.3 Å². The number of carboxylic acid groups (broad SMARTS) is 1. The van der Waals surface area contributed by atoms with E-state index in [0.29, 0.717) is 6.29 Å². The molecular formula is C9H20O8. The number of aliphatic hydroxyl groups is 5. The van der Waals surface area contributed by atoms with Crippen molar-refractivity contribution in [2.45, 2.75) is 18.9 Å². The van der Waals surface area contributed by atoms with Gasteiger partial charge in [-0.2, -0.15) is 0 Å². The SMILES string of the molecule is O=C(O)CCO.O=CCCO.OCC(O)CO. The van der Waals surface area contributed by atoms with Gasteiger partial charge in [-0.15, -0.1) is 0 Å². The van der Waals surface area contributed by atoms with Gasteiger partial charge in [0.15, 0.2) is 0 Å². The van der Waals surface area contributed by atoms with Gasteiger partial charge in [-0.25, -0.2) is 0 Å². The molecule has 0 saturated heterocycles. The van der Waals surface area contributed by atoms with Crippen molar-refractivity contribution in [1.29, 1.82) is 0 Å². The lowest BCUT2D eigenvalue weighted by Crippen LogP contribution is -2.15. The molecular weight excluding hydrogens is 236 g/mol. The molecule has 0 unspecified atom stereocenters. The average Bonchev–Trinajstić information content (AvgIpc) is 2.30. The average molecular weight is 256 g/mol. The van der Waals surface area contributed by atoms with E-state index < -0.39 is 12.1 Å². The van der Waals surface area contributed by atoms with Crippen LogP contribution in [0.1, 0.15) is 12.8 Å². The van der Waals surface area contributed by atoms with Crippen LogP contribution in [0, 0.1) is 0 Å². The fourth-order valence-electron chi connectivity index (χ4n) is 0.206. The van der Waals surface area contributed by atoms with Crippen molar-refractivity contribution in [3.8, 4) is 0 Å². The van der Waals surface area contributed by atoms with Gasteiger partial charge in [0.1, 0.15) is 12.4 Å². The molecule has 8 nitrogen and oxygen atoms in total. The molecule has 0 spiro atoms. The molecule has 0 radical (unpaired) electrons. The van der Waals surface area contributed by atoms with Crippen LogP contribution in [0.4, 0.5) is 0 Å². The first-order valence-corrected chi connectivity index (χ1v) is 4.76. The molecule has 0 rings (SSSR count). The monoisotopic (exact) mass is 256 g/mol. The second-order valence-electron chi connectivity index (χ2n) is 2.57. The predicted octanol–water partition coefficient (Wildman–Crippen LogP) is -2.65. The van der Waals surface area contributed by atoms with E-state index in [4.69, 9.17) is 30.6 Å². The molecule has 0 aliphatic heterocycles. The first kappa shape index (κ1) is 21.2. The minimum absolute atomic E-state index is 0.0243. The predicted molar refractivity (Wildman–Crippen MR) is 57.3 cm³/mol. The van der Waals surface area contributed by atoms with Crippen LogP contribution >= 0.6 is 0 Å². The van der Waals surface area contributed by atoms with Gasteiger partial charge < -0.3 is 35.4 Å². The van der Waals surface area contributed by atoms with E-state index >= 15 is 0 Å². The summed E-state index contributed by atoms with van der Waals surface area (Å²) in [5, 5.41) is 47.5. The summed E-state index contributed by atoms with van der Waals surface area (Å²) < 4.78 is 0. The topological polar surface area (TPSA) is 156 Å². The minimum Gasteiger partial charge on any atom is -0.481 e. The number of carbonyl (C=O) groups excluding carboxylic acids is 1. The Morgan fingerprint density at radius 2 is 1.53 bits per heavy atom. The zero-order valence-electron chi connectivity index (χ0n) is 9.40. The van der Waals surface area contributed by atoms with E-state index in [1.54, 1.807) is 0 Å². The smallest absolute Gasteiger partial charge is 0.305 e. The van der Waals surface area contributed by atoms with Crippen molar-refractivity contribution in [1.82, 2.24) is 0 Å². The Labute approximate surface area is 98.8 Å². The fourth-order valence-corrected chi connectivity index (χ4v) is 0.206. The third-order valence-corrected chi connectivity index (χ3v) is 0.994. The molecule has 104 valence electrons. The molecule has 0 aliphatic carbocycles. The Hall–Kier alpha value is -1.06. The Balaban J connectivity index is -0.000000174. The quantitative estimate of drug-likeness (QED) is 0.281. The molecule has 0 bridgehead atoms. The van der Waals surface area contributed by atoms with Gasteiger partial charge >= 0.3 is 5.97 Å². The van der Waals surface area contributed by atoms with Crippen LogP contribution in [0.5, 0.6) is 0 Å². The normalized spacial score (nSPS) is 8.59. The summed E-state index contributed by atoms with van der Waals surface area (Å²) in [5.41, 5.74) is 0. The first-order chi connectivity index (χ1) is 7.99. The largest absolute Gasteiger partial charge is 0.481 e. The van der Waals surface area contributed by atoms with Crippen molar-refractivity contribution >= 4 is 12.3 Å². The number of rotatable bonds is 6. The van der Waals surface area contributed by atoms with Gasteiger partial charge in [0, 0.05) is 13.0 Å². The van der Waals surface area contributed by atoms with Crippen LogP contribution in [0.3, 0.4) is 0 Å². The number of carbonyl (C=O) groups is 2. The molecule has 8 heteroatoms. The van der Waals surface area contributed by atoms with Gasteiger partial charge in [-0.1, -0.05) is 0 Å². The Bertz CT molecular complexity index is 157. The summed E-state index contributed by atoms with van der Waals surface area (Å²) >= 11 is 0. The fraction of sp³-hybridized carbons (Fsp3) is 0.778. The highest BCUT2D eigenvalue weighted by atomic mass is 16.4. The molecule has 0 heterocycles. The minimum atomic E-state index is -0.961. The lowest BCUT2D eigenvalue weighted by Gasteiger charge is -1.96. The van der Waals surface area contributed by atoms with Crippen LogP contribution in [-0.4, -0.2) is 75.4 Å². The standard InChI is InChI=1S/C3H8O3.C3H6O3.C3H6O2/c4-1-3(6)2-5;4-2-1-3(5)6;4-2-1-3-5/h3-6H,1-2H2;4H,1-2H2,(H,5,6);2,5H,1,3H2. The third kappa shape index (κ3) is 39.7. The van der Waals surface area contributed by atoms with Crippen LogP contribution in [0.2, 0.25) is 0 Å². The van der Waals surface area contributed by atoms with E-state index in [0.717, 1.165) is 0 Å². The molecule has 0 atom stereocenters. The molecule has 0 saturated carbocycles. The van der Waals surface area contributed by atoms with E-state index in [2.05, 4.69) is 0 Å². The van der Waals surface area contributed by atoms with Crippen molar-refractivity contribution in [3.63, 3.8) is 0 Å². The molecule has 0 aromatic heterocycles. The molecule has 0 aliphatic rings. The van der Waals surface area contributed by atoms with E-state index in [1.807, 2.05) is 0 Å². The summed E-state index contributed by atoms with van der Waals surface area (Å²) in [5.74, 6) is -0.961. The molecule has 0 fully saturated rings. The van der Waals surface area contributed by atoms with Crippen molar-refractivity contribution in [2.75, 3.05) is 26.4 Å². The summed E-state index contributed by atoms with van der Waals surface area (Å²) in [7, 11) is 0. The lowest BCUT2D eigenvalue weighted by molar-refractivity contribution is -0.137. The van der Waals surface area contributed by atoms with Gasteiger partial charge in [0.2, 0.25) is 0 Å².